The van der Waals surface area contributed by atoms with Gasteiger partial charge in [-0.25, -0.2) is 0 Å². The molecule has 6 heteroatoms. The molecule has 4 heterocycles. The number of hydrogen-bond donors (Lipinski definition) is 0. The van der Waals surface area contributed by atoms with Gasteiger partial charge in [0.15, 0.2) is 0 Å². The van der Waals surface area contributed by atoms with E-state index in [0.717, 1.165) is 19.3 Å². The highest BCUT2D eigenvalue weighted by Gasteiger charge is 2.30. The van der Waals surface area contributed by atoms with Crippen LogP contribution in [0.15, 0.2) is 92.6 Å². The van der Waals surface area contributed by atoms with Crippen LogP contribution in [-0.2, 0) is 6.42 Å². The summed E-state index contributed by atoms with van der Waals surface area (Å²) < 4.78 is 7.69. The minimum atomic E-state index is 0.505. The number of aryl methyl sites for hydroxylation is 1. The Kier molecular flexibility index (Phi) is 16.9. The van der Waals surface area contributed by atoms with Gasteiger partial charge in [0.25, 0.3) is 0 Å². The van der Waals surface area contributed by atoms with Crippen molar-refractivity contribution < 1.29 is 0 Å². The highest BCUT2D eigenvalue weighted by Crippen LogP contribution is 2.54. The van der Waals surface area contributed by atoms with E-state index >= 15 is 0 Å². The third-order valence-corrected chi connectivity index (χ3v) is 17.5. The van der Waals surface area contributed by atoms with Gasteiger partial charge in [0.2, 0.25) is 0 Å². The van der Waals surface area contributed by atoms with E-state index in [1.54, 1.807) is 0 Å². The van der Waals surface area contributed by atoms with Gasteiger partial charge in [-0.1, -0.05) is 148 Å². The summed E-state index contributed by atoms with van der Waals surface area (Å²) in [5, 5.41) is 2.71. The third-order valence-electron chi connectivity index (χ3n) is 12.7. The maximum absolute atomic E-state index is 4.05. The van der Waals surface area contributed by atoms with Crippen molar-refractivity contribution in [2.45, 2.75) is 156 Å². The van der Waals surface area contributed by atoms with E-state index < -0.39 is 0 Å². The number of benzene rings is 3. The van der Waals surface area contributed by atoms with Crippen LogP contribution in [0.1, 0.15) is 165 Å². The Hall–Kier alpha value is -2.48. The average molecular weight is 984 g/mol. The van der Waals surface area contributed by atoms with E-state index in [2.05, 4.69) is 156 Å². The van der Waals surface area contributed by atoms with Crippen LogP contribution in [0.25, 0.3) is 59.4 Å². The Morgan fingerprint density at radius 3 is 1.75 bits per heavy atom. The van der Waals surface area contributed by atoms with Crippen molar-refractivity contribution >= 4 is 86.0 Å². The minimum Gasteiger partial charge on any atom is -0.315 e. The molecule has 0 aliphatic carbocycles. The molecule has 0 radical (unpaired) electrons. The van der Waals surface area contributed by atoms with E-state index in [-0.39, 0.29) is 0 Å². The van der Waals surface area contributed by atoms with E-state index in [1.807, 2.05) is 34.0 Å². The molecule has 0 bridgehead atoms. The summed E-state index contributed by atoms with van der Waals surface area (Å²) >= 11 is 13.9. The van der Waals surface area contributed by atoms with Gasteiger partial charge in [-0.05, 0) is 135 Å². The zero-order chi connectivity index (χ0) is 42.0. The number of unbranched alkanes of at least 4 members (excludes halogenated alkanes) is 9. The van der Waals surface area contributed by atoms with Gasteiger partial charge < -0.3 is 4.57 Å². The molecule has 318 valence electrons. The zero-order valence-corrected chi connectivity index (χ0v) is 42.3. The first-order valence-electron chi connectivity index (χ1n) is 23.2. The fraction of sp³-hybridized carbons (Fsp3) is 0.444. The number of nitrogens with zero attached hydrogens (tertiary/aromatic N) is 1. The van der Waals surface area contributed by atoms with E-state index in [1.165, 1.54) is 172 Å². The number of aromatic nitrogens is 1. The topological polar surface area (TPSA) is 4.93 Å². The molecule has 3 aromatic carbocycles. The van der Waals surface area contributed by atoms with Crippen molar-refractivity contribution in [2.24, 2.45) is 0 Å². The van der Waals surface area contributed by atoms with Crippen LogP contribution < -0.4 is 0 Å². The second-order valence-corrected chi connectivity index (χ2v) is 23.0. The number of halogens is 2. The van der Waals surface area contributed by atoms with Crippen LogP contribution in [0.4, 0.5) is 0 Å². The van der Waals surface area contributed by atoms with Gasteiger partial charge in [-0.2, -0.15) is 0 Å². The Morgan fingerprint density at radius 1 is 0.533 bits per heavy atom. The first-order valence-corrected chi connectivity index (χ1v) is 27.3. The van der Waals surface area contributed by atoms with Gasteiger partial charge >= 0.3 is 0 Å². The summed E-state index contributed by atoms with van der Waals surface area (Å²) in [6, 6.07) is 30.6. The van der Waals surface area contributed by atoms with Crippen molar-refractivity contribution in [3.63, 3.8) is 0 Å². The molecule has 0 saturated heterocycles. The maximum Gasteiger partial charge on any atom is 0.0707 e. The molecule has 0 saturated carbocycles. The van der Waals surface area contributed by atoms with Gasteiger partial charge in [0.1, 0.15) is 0 Å². The molecule has 1 nitrogen and oxygen atoms in total. The van der Waals surface area contributed by atoms with Crippen molar-refractivity contribution in [1.29, 1.82) is 0 Å². The van der Waals surface area contributed by atoms with E-state index in [9.17, 15) is 0 Å². The first-order chi connectivity index (χ1) is 29.4. The lowest BCUT2D eigenvalue weighted by Crippen LogP contribution is -2.00. The second kappa shape index (κ2) is 22.2. The van der Waals surface area contributed by atoms with Gasteiger partial charge in [0, 0.05) is 58.5 Å². The molecule has 0 N–H and O–H groups in total. The predicted octanol–water partition coefficient (Wildman–Crippen LogP) is 20.5. The summed E-state index contributed by atoms with van der Waals surface area (Å²) in [6.45, 7) is 11.7. The van der Waals surface area contributed by atoms with Crippen molar-refractivity contribution in [1.82, 2.24) is 4.57 Å². The smallest absolute Gasteiger partial charge is 0.0707 e. The molecule has 0 aliphatic heterocycles. The van der Waals surface area contributed by atoms with E-state index in [0.29, 0.717) is 11.8 Å². The van der Waals surface area contributed by atoms with Gasteiger partial charge in [0.05, 0.1) is 13.3 Å². The predicted molar refractivity (Wildman–Crippen MR) is 278 cm³/mol. The summed E-state index contributed by atoms with van der Waals surface area (Å²) in [6.07, 6.45) is 24.4. The van der Waals surface area contributed by atoms with Crippen LogP contribution in [0.2, 0.25) is 0 Å². The first kappa shape index (κ1) is 45.5. The normalized spacial score (nSPS) is 12.9. The minimum absolute atomic E-state index is 0.505. The lowest BCUT2D eigenvalue weighted by molar-refractivity contribution is 0.556. The fourth-order valence-corrected chi connectivity index (χ4v) is 14.4. The lowest BCUT2D eigenvalue weighted by atomic mass is 9.87. The van der Waals surface area contributed by atoms with Gasteiger partial charge in [-0.15, -0.1) is 34.0 Å². The highest BCUT2D eigenvalue weighted by atomic mass is 79.9. The molecule has 4 aromatic heterocycles. The zero-order valence-electron chi connectivity index (χ0n) is 36.7. The van der Waals surface area contributed by atoms with E-state index in [4.69, 9.17) is 0 Å². The molecule has 60 heavy (non-hydrogen) atoms. The third kappa shape index (κ3) is 10.3. The number of thiophene rings is 3. The molecule has 0 fully saturated rings. The molecule has 0 spiro atoms. The number of rotatable bonds is 23. The summed E-state index contributed by atoms with van der Waals surface area (Å²) in [5.41, 5.74) is 10.8. The fourth-order valence-electron chi connectivity index (χ4n) is 9.56. The SMILES string of the molecule is CCCCCCCCCCCCc1ccc(-n2cc(-c3cc(Br)sc3C(CC)CCC)c(-c3cc(Br)sc3C(CC)CCC)c2-c2cccc3sc4ccccc4c23)cc1. The Bertz CT molecular complexity index is 2420. The largest absolute Gasteiger partial charge is 0.315 e. The van der Waals surface area contributed by atoms with Crippen LogP contribution in [0.3, 0.4) is 0 Å². The average Bonchev–Trinajstić information content (AvgIpc) is 4.05. The van der Waals surface area contributed by atoms with Crippen LogP contribution in [0, 0.1) is 0 Å². The standard InChI is InChI=1S/C54H65Br2NS3/c1-6-11-12-13-14-15-16-17-18-19-25-37-30-32-40(33-31-37)57-36-45(43-34-48(55)59-53(43)38(9-4)23-7-2)51(44-35-49(56)60-54(44)39(10-5)24-8-3)52(57)42-27-22-29-47-50(42)41-26-20-21-28-46(41)58-47/h20-22,26-36,38-39H,6-19,23-25H2,1-5H3. The molecule has 0 aliphatic rings. The van der Waals surface area contributed by atoms with Gasteiger partial charge in [-0.3, -0.25) is 0 Å². The molecule has 7 aromatic rings. The van der Waals surface area contributed by atoms with Crippen LogP contribution in [0.5, 0.6) is 0 Å². The monoisotopic (exact) mass is 981 g/mol. The molecule has 2 atom stereocenters. The van der Waals surface area contributed by atoms with Crippen LogP contribution in [-0.4, -0.2) is 4.57 Å². The molecule has 2 unspecified atom stereocenters. The number of fused-ring (bicyclic) bond motifs is 3. The molecular formula is C54H65Br2NS3. The molecule has 0 amide bonds. The highest BCUT2D eigenvalue weighted by molar-refractivity contribution is 9.11. The lowest BCUT2D eigenvalue weighted by Gasteiger charge is -2.19. The summed E-state index contributed by atoms with van der Waals surface area (Å²) in [4.78, 5) is 3.02. The van der Waals surface area contributed by atoms with Crippen molar-refractivity contribution in [2.75, 3.05) is 0 Å². The summed E-state index contributed by atoms with van der Waals surface area (Å²) in [7, 11) is 0. The quantitative estimate of drug-likeness (QED) is 0.0563. The maximum atomic E-state index is 4.05. The van der Waals surface area contributed by atoms with Crippen LogP contribution >= 0.6 is 65.9 Å². The molecule has 7 rings (SSSR count). The Balaban J connectivity index is 1.39. The summed E-state index contributed by atoms with van der Waals surface area (Å²) in [5.74, 6) is 1.03. The number of hydrogen-bond acceptors (Lipinski definition) is 3. The van der Waals surface area contributed by atoms with Crippen molar-refractivity contribution in [3.8, 4) is 39.2 Å². The Labute approximate surface area is 390 Å². The second-order valence-electron chi connectivity index (χ2n) is 17.0. The van der Waals surface area contributed by atoms with Crippen molar-refractivity contribution in [3.05, 3.63) is 108 Å². The Morgan fingerprint density at radius 2 is 1.12 bits per heavy atom. The molecular weight excluding hydrogens is 919 g/mol.